The molecule has 5 heteroatoms. The molecule has 1 heterocycles. The van der Waals surface area contributed by atoms with Crippen LogP contribution in [-0.2, 0) is 13.0 Å². The second-order valence-electron chi connectivity index (χ2n) is 6.20. The van der Waals surface area contributed by atoms with Crippen LogP contribution in [0.25, 0.3) is 0 Å². The van der Waals surface area contributed by atoms with E-state index in [1.165, 1.54) is 0 Å². The van der Waals surface area contributed by atoms with Gasteiger partial charge in [0.15, 0.2) is 5.78 Å². The first-order chi connectivity index (χ1) is 11.5. The first kappa shape index (κ1) is 16.8. The van der Waals surface area contributed by atoms with Gasteiger partial charge >= 0.3 is 0 Å². The fraction of sp³-hybridized carbons (Fsp3) is 0.368. The molecular weight excluding hydrogens is 324 g/mol. The summed E-state index contributed by atoms with van der Waals surface area (Å²) >= 11 is 6.03. The van der Waals surface area contributed by atoms with Crippen molar-refractivity contribution in [3.63, 3.8) is 0 Å². The predicted molar refractivity (Wildman–Crippen MR) is 94.7 cm³/mol. The summed E-state index contributed by atoms with van der Waals surface area (Å²) in [6.45, 7) is 4.89. The van der Waals surface area contributed by atoms with Crippen molar-refractivity contribution in [2.45, 2.75) is 39.7 Å². The maximum Gasteiger partial charge on any atom is 0.270 e. The van der Waals surface area contributed by atoms with Crippen LogP contribution in [0.5, 0.6) is 0 Å². The van der Waals surface area contributed by atoms with Crippen LogP contribution in [0.15, 0.2) is 24.3 Å². The summed E-state index contributed by atoms with van der Waals surface area (Å²) in [6.07, 6.45) is 2.24. The number of rotatable bonds is 4. The number of ketones is 1. The Morgan fingerprint density at radius 1 is 1.33 bits per heavy atom. The average Bonchev–Trinajstić information content (AvgIpc) is 2.90. The number of carbonyl (C=O) groups excluding carboxylic acids is 2. The van der Waals surface area contributed by atoms with Crippen molar-refractivity contribution in [2.24, 2.45) is 0 Å². The summed E-state index contributed by atoms with van der Waals surface area (Å²) in [6, 6.07) is 7.52. The Morgan fingerprint density at radius 3 is 2.79 bits per heavy atom. The van der Waals surface area contributed by atoms with Crippen LogP contribution in [0.1, 0.15) is 57.4 Å². The fourth-order valence-corrected chi connectivity index (χ4v) is 3.54. The van der Waals surface area contributed by atoms with Crippen molar-refractivity contribution in [3.05, 3.63) is 57.4 Å². The largest absolute Gasteiger partial charge is 0.354 e. The number of H-pyrrole nitrogens is 1. The number of hydrogen-bond donors (Lipinski definition) is 1. The lowest BCUT2D eigenvalue weighted by Gasteiger charge is -2.21. The van der Waals surface area contributed by atoms with Crippen LogP contribution >= 0.6 is 11.6 Å². The molecule has 3 rings (SSSR count). The Balaban J connectivity index is 1.88. The Morgan fingerprint density at radius 2 is 2.12 bits per heavy atom. The second-order valence-corrected chi connectivity index (χ2v) is 6.64. The normalized spacial score (nSPS) is 13.7. The van der Waals surface area contributed by atoms with Crippen LogP contribution in [0.3, 0.4) is 0 Å². The van der Waals surface area contributed by atoms with Gasteiger partial charge in [-0.2, -0.15) is 0 Å². The number of hydrogen-bond acceptors (Lipinski definition) is 2. The molecule has 0 atom stereocenters. The number of Topliss-reactive ketones (excluding diaryl/α,β-unsaturated/α-hetero) is 1. The predicted octanol–water partition coefficient (Wildman–Crippen LogP) is 4.16. The number of nitrogens with zero attached hydrogens (tertiary/aromatic N) is 1. The van der Waals surface area contributed by atoms with Crippen LogP contribution in [-0.4, -0.2) is 28.1 Å². The third-order valence-corrected chi connectivity index (χ3v) is 4.82. The topological polar surface area (TPSA) is 53.2 Å². The first-order valence-electron chi connectivity index (χ1n) is 8.29. The SMILES string of the molecule is CCN(Cc1cccc(Cl)c1)C(=O)c1[nH]c2c(c1C)C(=O)CCC2. The van der Waals surface area contributed by atoms with Gasteiger partial charge in [0.1, 0.15) is 5.69 Å². The van der Waals surface area contributed by atoms with Crippen LogP contribution in [0.4, 0.5) is 0 Å². The highest BCUT2D eigenvalue weighted by atomic mass is 35.5. The van der Waals surface area contributed by atoms with E-state index in [1.807, 2.05) is 38.1 Å². The summed E-state index contributed by atoms with van der Waals surface area (Å²) < 4.78 is 0. The standard InChI is InChI=1S/C19H21ClN2O2/c1-3-22(11-13-6-4-7-14(20)10-13)19(24)18-12(2)17-15(21-18)8-5-9-16(17)23/h4,6-7,10,21H,3,5,8-9,11H2,1-2H3. The molecule has 126 valence electrons. The minimum atomic E-state index is -0.0721. The van der Waals surface area contributed by atoms with Crippen LogP contribution in [0, 0.1) is 6.92 Å². The van der Waals surface area contributed by atoms with Gasteiger partial charge in [0.25, 0.3) is 5.91 Å². The molecule has 1 aliphatic carbocycles. The van der Waals surface area contributed by atoms with E-state index in [0.29, 0.717) is 30.2 Å². The zero-order chi connectivity index (χ0) is 17.3. The van der Waals surface area contributed by atoms with Crippen molar-refractivity contribution in [1.29, 1.82) is 0 Å². The molecule has 0 fully saturated rings. The minimum absolute atomic E-state index is 0.0721. The van der Waals surface area contributed by atoms with E-state index in [1.54, 1.807) is 4.90 Å². The number of nitrogens with one attached hydrogen (secondary N) is 1. The van der Waals surface area contributed by atoms with E-state index >= 15 is 0 Å². The Labute approximate surface area is 146 Å². The number of aryl methyl sites for hydroxylation is 1. The van der Waals surface area contributed by atoms with Gasteiger partial charge in [-0.3, -0.25) is 9.59 Å². The number of aromatic amines is 1. The minimum Gasteiger partial charge on any atom is -0.354 e. The molecule has 0 saturated heterocycles. The monoisotopic (exact) mass is 344 g/mol. The molecule has 1 aromatic carbocycles. The Bertz CT molecular complexity index is 795. The lowest BCUT2D eigenvalue weighted by molar-refractivity contribution is 0.0746. The highest BCUT2D eigenvalue weighted by Gasteiger charge is 2.28. The Hall–Kier alpha value is -2.07. The maximum absolute atomic E-state index is 13.0. The Kier molecular flexibility index (Phi) is 4.76. The van der Waals surface area contributed by atoms with Crippen molar-refractivity contribution >= 4 is 23.3 Å². The van der Waals surface area contributed by atoms with E-state index in [0.717, 1.165) is 35.2 Å². The summed E-state index contributed by atoms with van der Waals surface area (Å²) in [7, 11) is 0. The number of halogens is 1. The third kappa shape index (κ3) is 3.11. The molecule has 0 unspecified atom stereocenters. The third-order valence-electron chi connectivity index (χ3n) is 4.58. The summed E-state index contributed by atoms with van der Waals surface area (Å²) in [5, 5.41) is 0.660. The van der Waals surface area contributed by atoms with Crippen LogP contribution < -0.4 is 0 Å². The molecule has 0 bridgehead atoms. The molecule has 24 heavy (non-hydrogen) atoms. The molecule has 0 saturated carbocycles. The van der Waals surface area contributed by atoms with E-state index in [4.69, 9.17) is 11.6 Å². The van der Waals surface area contributed by atoms with Gasteiger partial charge in [-0.15, -0.1) is 0 Å². The maximum atomic E-state index is 13.0. The van der Waals surface area contributed by atoms with Crippen molar-refractivity contribution in [3.8, 4) is 0 Å². The molecule has 0 radical (unpaired) electrons. The molecule has 1 aromatic heterocycles. The van der Waals surface area contributed by atoms with Gasteiger partial charge in [0.2, 0.25) is 0 Å². The van der Waals surface area contributed by atoms with Gasteiger partial charge in [-0.25, -0.2) is 0 Å². The summed E-state index contributed by atoms with van der Waals surface area (Å²) in [5.74, 6) is 0.0686. The molecule has 1 N–H and O–H groups in total. The lowest BCUT2D eigenvalue weighted by Crippen LogP contribution is -2.31. The number of benzene rings is 1. The van der Waals surface area contributed by atoms with E-state index in [9.17, 15) is 9.59 Å². The molecule has 2 aromatic rings. The molecule has 1 aliphatic rings. The van der Waals surface area contributed by atoms with E-state index in [2.05, 4.69) is 4.98 Å². The van der Waals surface area contributed by atoms with E-state index in [-0.39, 0.29) is 11.7 Å². The quantitative estimate of drug-likeness (QED) is 0.905. The van der Waals surface area contributed by atoms with Gasteiger partial charge < -0.3 is 9.88 Å². The molecule has 0 spiro atoms. The van der Waals surface area contributed by atoms with Crippen LogP contribution in [0.2, 0.25) is 5.02 Å². The number of carbonyl (C=O) groups is 2. The number of aromatic nitrogens is 1. The lowest BCUT2D eigenvalue weighted by atomic mass is 9.93. The number of fused-ring (bicyclic) bond motifs is 1. The second kappa shape index (κ2) is 6.81. The number of amides is 1. The average molecular weight is 345 g/mol. The highest BCUT2D eigenvalue weighted by Crippen LogP contribution is 2.27. The van der Waals surface area contributed by atoms with E-state index < -0.39 is 0 Å². The van der Waals surface area contributed by atoms with Gasteiger partial charge in [0.05, 0.1) is 0 Å². The molecular formula is C19H21ClN2O2. The molecule has 1 amide bonds. The zero-order valence-electron chi connectivity index (χ0n) is 14.0. The fourth-order valence-electron chi connectivity index (χ4n) is 3.33. The summed E-state index contributed by atoms with van der Waals surface area (Å²) in [4.78, 5) is 30.1. The molecule has 4 nitrogen and oxygen atoms in total. The highest BCUT2D eigenvalue weighted by molar-refractivity contribution is 6.30. The van der Waals surface area contributed by atoms with Gasteiger partial charge in [-0.1, -0.05) is 23.7 Å². The zero-order valence-corrected chi connectivity index (χ0v) is 14.7. The van der Waals surface area contributed by atoms with Crippen molar-refractivity contribution in [2.75, 3.05) is 6.54 Å². The van der Waals surface area contributed by atoms with Crippen molar-refractivity contribution in [1.82, 2.24) is 9.88 Å². The van der Waals surface area contributed by atoms with Crippen molar-refractivity contribution < 1.29 is 9.59 Å². The molecule has 0 aliphatic heterocycles. The summed E-state index contributed by atoms with van der Waals surface area (Å²) in [5.41, 5.74) is 3.94. The smallest absolute Gasteiger partial charge is 0.270 e. The van der Waals surface area contributed by atoms with Gasteiger partial charge in [0, 0.05) is 35.8 Å². The first-order valence-corrected chi connectivity index (χ1v) is 8.67. The van der Waals surface area contributed by atoms with Gasteiger partial charge in [-0.05, 0) is 49.9 Å².